The summed E-state index contributed by atoms with van der Waals surface area (Å²) in [6, 6.07) is 11.3. The van der Waals surface area contributed by atoms with Crippen molar-refractivity contribution in [2.75, 3.05) is 43.5 Å². The van der Waals surface area contributed by atoms with Crippen LogP contribution in [0.5, 0.6) is 5.75 Å². The monoisotopic (exact) mass is 425 g/mol. The van der Waals surface area contributed by atoms with Gasteiger partial charge in [-0.25, -0.2) is 9.78 Å². The van der Waals surface area contributed by atoms with Gasteiger partial charge in [0, 0.05) is 31.9 Å². The molecule has 0 radical (unpaired) electrons. The van der Waals surface area contributed by atoms with Gasteiger partial charge in [-0.3, -0.25) is 4.90 Å². The molecule has 2 N–H and O–H groups in total. The Kier molecular flexibility index (Phi) is 8.09. The Labute approximate surface area is 183 Å². The van der Waals surface area contributed by atoms with E-state index in [1.807, 2.05) is 42.2 Å². The zero-order valence-electron chi connectivity index (χ0n) is 18.2. The zero-order valence-corrected chi connectivity index (χ0v) is 18.2. The Bertz CT molecular complexity index is 872. The lowest BCUT2D eigenvalue weighted by Gasteiger charge is -2.20. The number of hydrogen-bond acceptors (Lipinski definition) is 6. The SMILES string of the molecule is CCON=Cc1ccc(OCCC(C)CCN2CCN(c3ccnc(N)c3)C2=O)cc1. The van der Waals surface area contributed by atoms with Crippen LogP contribution >= 0.6 is 0 Å². The van der Waals surface area contributed by atoms with Crippen LogP contribution in [0.25, 0.3) is 0 Å². The Morgan fingerprint density at radius 1 is 1.23 bits per heavy atom. The van der Waals surface area contributed by atoms with E-state index in [2.05, 4.69) is 17.1 Å². The van der Waals surface area contributed by atoms with Crippen LogP contribution in [0.4, 0.5) is 16.3 Å². The Morgan fingerprint density at radius 2 is 2.03 bits per heavy atom. The molecule has 1 unspecified atom stereocenters. The molecular formula is C23H31N5O3. The number of ether oxygens (including phenoxy) is 1. The molecule has 8 heteroatoms. The fourth-order valence-electron chi connectivity index (χ4n) is 3.36. The number of nitrogens with two attached hydrogens (primary N) is 1. The summed E-state index contributed by atoms with van der Waals surface area (Å²) in [5.41, 5.74) is 7.51. The number of carbonyl (C=O) groups excluding carboxylic acids is 1. The number of nitrogens with zero attached hydrogens (tertiary/aromatic N) is 4. The summed E-state index contributed by atoms with van der Waals surface area (Å²) >= 11 is 0. The number of rotatable bonds is 11. The van der Waals surface area contributed by atoms with E-state index in [0.717, 1.165) is 42.9 Å². The second-order valence-electron chi connectivity index (χ2n) is 7.61. The molecule has 0 bridgehead atoms. The first-order valence-corrected chi connectivity index (χ1v) is 10.7. The first-order valence-electron chi connectivity index (χ1n) is 10.7. The number of nitrogen functional groups attached to an aromatic ring is 1. The molecule has 2 heterocycles. The minimum atomic E-state index is 0.0296. The van der Waals surface area contributed by atoms with E-state index >= 15 is 0 Å². The van der Waals surface area contributed by atoms with E-state index in [4.69, 9.17) is 15.3 Å². The molecule has 1 saturated heterocycles. The molecule has 31 heavy (non-hydrogen) atoms. The van der Waals surface area contributed by atoms with Crippen LogP contribution in [0.2, 0.25) is 0 Å². The van der Waals surface area contributed by atoms with Crippen molar-refractivity contribution < 1.29 is 14.4 Å². The number of oxime groups is 1. The maximum absolute atomic E-state index is 12.7. The van der Waals surface area contributed by atoms with Gasteiger partial charge in [0.05, 0.1) is 18.5 Å². The van der Waals surface area contributed by atoms with Gasteiger partial charge in [0.15, 0.2) is 0 Å². The first kappa shape index (κ1) is 22.4. The average Bonchev–Trinajstić information content (AvgIpc) is 3.14. The third-order valence-electron chi connectivity index (χ3n) is 5.23. The van der Waals surface area contributed by atoms with Gasteiger partial charge in [-0.1, -0.05) is 12.1 Å². The second-order valence-corrected chi connectivity index (χ2v) is 7.61. The molecule has 2 aromatic rings. The highest BCUT2D eigenvalue weighted by molar-refractivity contribution is 5.94. The Balaban J connectivity index is 1.37. The maximum atomic E-state index is 12.7. The van der Waals surface area contributed by atoms with Gasteiger partial charge < -0.3 is 20.2 Å². The average molecular weight is 426 g/mol. The first-order chi connectivity index (χ1) is 15.1. The van der Waals surface area contributed by atoms with Crippen LogP contribution in [0.15, 0.2) is 47.8 Å². The van der Waals surface area contributed by atoms with E-state index in [1.54, 1.807) is 23.4 Å². The number of amides is 2. The topological polar surface area (TPSA) is 93.3 Å². The van der Waals surface area contributed by atoms with Gasteiger partial charge in [0.25, 0.3) is 0 Å². The maximum Gasteiger partial charge on any atom is 0.324 e. The molecule has 1 aliphatic rings. The van der Waals surface area contributed by atoms with Gasteiger partial charge in [-0.2, -0.15) is 0 Å². The predicted molar refractivity (Wildman–Crippen MR) is 123 cm³/mol. The van der Waals surface area contributed by atoms with Crippen molar-refractivity contribution in [3.05, 3.63) is 48.2 Å². The number of anilines is 2. The van der Waals surface area contributed by atoms with Crippen molar-refractivity contribution in [1.82, 2.24) is 9.88 Å². The Morgan fingerprint density at radius 3 is 2.77 bits per heavy atom. The standard InChI is InChI=1S/C23H31N5O3/c1-3-31-26-17-19-4-6-21(7-5-19)30-15-10-18(2)9-12-27-13-14-28(23(27)29)20-8-11-25-22(24)16-20/h4-8,11,16-18H,3,9-10,12-15H2,1-2H3,(H2,24,25). The van der Waals surface area contributed by atoms with E-state index < -0.39 is 0 Å². The summed E-state index contributed by atoms with van der Waals surface area (Å²) in [7, 11) is 0. The van der Waals surface area contributed by atoms with Gasteiger partial charge in [0.2, 0.25) is 0 Å². The van der Waals surface area contributed by atoms with Crippen molar-refractivity contribution in [3.8, 4) is 5.75 Å². The molecule has 8 nitrogen and oxygen atoms in total. The van der Waals surface area contributed by atoms with Gasteiger partial charge in [0.1, 0.15) is 18.2 Å². The highest BCUT2D eigenvalue weighted by Gasteiger charge is 2.29. The molecule has 0 spiro atoms. The van der Waals surface area contributed by atoms with Gasteiger partial charge in [-0.05, 0) is 61.6 Å². The Hall–Kier alpha value is -3.29. The normalized spacial score (nSPS) is 15.0. The summed E-state index contributed by atoms with van der Waals surface area (Å²) in [5.74, 6) is 1.71. The molecule has 1 atom stereocenters. The zero-order chi connectivity index (χ0) is 22.1. The summed E-state index contributed by atoms with van der Waals surface area (Å²) in [6.45, 7) is 7.42. The summed E-state index contributed by atoms with van der Waals surface area (Å²) in [4.78, 5) is 25.3. The molecule has 1 aromatic heterocycles. The number of benzene rings is 1. The van der Waals surface area contributed by atoms with Crippen LogP contribution in [0, 0.1) is 5.92 Å². The molecule has 1 aliphatic heterocycles. The molecule has 0 aliphatic carbocycles. The third kappa shape index (κ3) is 6.60. The largest absolute Gasteiger partial charge is 0.494 e. The highest BCUT2D eigenvalue weighted by Crippen LogP contribution is 2.22. The molecule has 1 aromatic carbocycles. The third-order valence-corrected chi connectivity index (χ3v) is 5.23. The fourth-order valence-corrected chi connectivity index (χ4v) is 3.36. The number of aromatic nitrogens is 1. The van der Waals surface area contributed by atoms with Crippen LogP contribution < -0.4 is 15.4 Å². The molecule has 0 saturated carbocycles. The highest BCUT2D eigenvalue weighted by atomic mass is 16.6. The quantitative estimate of drug-likeness (QED) is 0.437. The summed E-state index contributed by atoms with van der Waals surface area (Å²) in [6.07, 6.45) is 5.18. The second kappa shape index (κ2) is 11.2. The van der Waals surface area contributed by atoms with Crippen molar-refractivity contribution in [3.63, 3.8) is 0 Å². The molecule has 1 fully saturated rings. The fraction of sp³-hybridized carbons (Fsp3) is 0.435. The summed E-state index contributed by atoms with van der Waals surface area (Å²) < 4.78 is 5.85. The number of hydrogen-bond donors (Lipinski definition) is 1. The van der Waals surface area contributed by atoms with E-state index in [1.165, 1.54) is 0 Å². The van der Waals surface area contributed by atoms with Crippen molar-refractivity contribution >= 4 is 23.8 Å². The van der Waals surface area contributed by atoms with Crippen LogP contribution in [0.1, 0.15) is 32.3 Å². The number of pyridine rings is 1. The smallest absolute Gasteiger partial charge is 0.324 e. The molecule has 2 amide bonds. The molecule has 166 valence electrons. The van der Waals surface area contributed by atoms with Crippen molar-refractivity contribution in [2.24, 2.45) is 11.1 Å². The van der Waals surface area contributed by atoms with Crippen molar-refractivity contribution in [1.29, 1.82) is 0 Å². The number of carbonyl (C=O) groups is 1. The van der Waals surface area contributed by atoms with Gasteiger partial charge >= 0.3 is 6.03 Å². The van der Waals surface area contributed by atoms with Crippen LogP contribution in [-0.4, -0.2) is 55.0 Å². The van der Waals surface area contributed by atoms with Crippen LogP contribution in [-0.2, 0) is 4.84 Å². The molecule has 3 rings (SSSR count). The van der Waals surface area contributed by atoms with E-state index in [9.17, 15) is 4.79 Å². The predicted octanol–water partition coefficient (Wildman–Crippen LogP) is 3.77. The van der Waals surface area contributed by atoms with Crippen molar-refractivity contribution in [2.45, 2.75) is 26.7 Å². The number of urea groups is 1. The van der Waals surface area contributed by atoms with Gasteiger partial charge in [-0.15, -0.1) is 0 Å². The molecular weight excluding hydrogens is 394 g/mol. The lowest BCUT2D eigenvalue weighted by Crippen LogP contribution is -2.33. The van der Waals surface area contributed by atoms with E-state index in [-0.39, 0.29) is 6.03 Å². The van der Waals surface area contributed by atoms with E-state index in [0.29, 0.717) is 31.5 Å². The lowest BCUT2D eigenvalue weighted by atomic mass is 10.0. The lowest BCUT2D eigenvalue weighted by molar-refractivity contribution is 0.160. The minimum absolute atomic E-state index is 0.0296. The summed E-state index contributed by atoms with van der Waals surface area (Å²) in [5, 5.41) is 3.85. The van der Waals surface area contributed by atoms with Crippen LogP contribution in [0.3, 0.4) is 0 Å². The minimum Gasteiger partial charge on any atom is -0.494 e.